The van der Waals surface area contributed by atoms with Crippen LogP contribution < -0.4 is 0 Å². The van der Waals surface area contributed by atoms with Crippen molar-refractivity contribution in [1.82, 2.24) is 4.98 Å². The average Bonchev–Trinajstić information content (AvgIpc) is 2.90. The molecule has 0 bridgehead atoms. The van der Waals surface area contributed by atoms with Crippen molar-refractivity contribution < 1.29 is 18.6 Å². The number of nitrogens with zero attached hydrogens (tertiary/aromatic N) is 1. The summed E-state index contributed by atoms with van der Waals surface area (Å²) in [6.07, 6.45) is 0.937. The van der Waals surface area contributed by atoms with E-state index in [1.807, 2.05) is 13.8 Å². The summed E-state index contributed by atoms with van der Waals surface area (Å²) in [5.74, 6) is -0.000649. The zero-order chi connectivity index (χ0) is 15.0. The fourth-order valence-corrected chi connectivity index (χ4v) is 5.79. The molecular weight excluding hydrogens is 298 g/mol. The molecule has 0 radical (unpaired) electrons. The van der Waals surface area contributed by atoms with Gasteiger partial charge in [0, 0.05) is 16.7 Å². The van der Waals surface area contributed by atoms with Gasteiger partial charge >= 0.3 is 0 Å². The number of aliphatic hydroxyl groups is 2. The summed E-state index contributed by atoms with van der Waals surface area (Å²) in [7, 11) is -3.03. The minimum atomic E-state index is -3.03. The Bertz CT molecular complexity index is 556. The van der Waals surface area contributed by atoms with Crippen LogP contribution in [0.5, 0.6) is 0 Å². The van der Waals surface area contributed by atoms with Gasteiger partial charge in [0.2, 0.25) is 0 Å². The highest BCUT2D eigenvalue weighted by atomic mass is 32.2. The maximum Gasteiger partial charge on any atom is 0.150 e. The first-order chi connectivity index (χ1) is 9.32. The number of hydrogen-bond donors (Lipinski definition) is 2. The summed E-state index contributed by atoms with van der Waals surface area (Å²) < 4.78 is 23.3. The molecule has 2 N–H and O–H groups in total. The zero-order valence-corrected chi connectivity index (χ0v) is 13.4. The van der Waals surface area contributed by atoms with E-state index in [2.05, 4.69) is 4.98 Å². The van der Waals surface area contributed by atoms with Crippen molar-refractivity contribution in [2.24, 2.45) is 11.3 Å². The second kappa shape index (κ2) is 5.71. The van der Waals surface area contributed by atoms with Gasteiger partial charge < -0.3 is 10.2 Å². The topological polar surface area (TPSA) is 87.5 Å². The van der Waals surface area contributed by atoms with Crippen molar-refractivity contribution in [1.29, 1.82) is 0 Å². The molecule has 20 heavy (non-hydrogen) atoms. The van der Waals surface area contributed by atoms with Crippen molar-refractivity contribution in [2.45, 2.75) is 26.7 Å². The van der Waals surface area contributed by atoms with E-state index in [1.165, 1.54) is 0 Å². The van der Waals surface area contributed by atoms with E-state index in [-0.39, 0.29) is 30.6 Å². The number of aliphatic hydroxyl groups excluding tert-OH is 2. The molecule has 1 saturated heterocycles. The highest BCUT2D eigenvalue weighted by molar-refractivity contribution is 7.91. The van der Waals surface area contributed by atoms with Gasteiger partial charge in [0.15, 0.2) is 9.84 Å². The predicted molar refractivity (Wildman–Crippen MR) is 78.7 cm³/mol. The second-order valence-corrected chi connectivity index (χ2v) is 9.22. The molecular formula is C13H21NO4S2. The van der Waals surface area contributed by atoms with Gasteiger partial charge in [-0.15, -0.1) is 11.3 Å². The number of aryl methyl sites for hydroxylation is 2. The van der Waals surface area contributed by atoms with Crippen LogP contribution in [0.3, 0.4) is 0 Å². The van der Waals surface area contributed by atoms with E-state index in [1.54, 1.807) is 11.3 Å². The minimum absolute atomic E-state index is 0.0530. The van der Waals surface area contributed by atoms with Crippen LogP contribution in [0.2, 0.25) is 0 Å². The summed E-state index contributed by atoms with van der Waals surface area (Å²) >= 11 is 1.55. The van der Waals surface area contributed by atoms with Gasteiger partial charge in [-0.3, -0.25) is 0 Å². The normalized spacial score (nSPS) is 22.3. The Kier molecular flexibility index (Phi) is 4.53. The summed E-state index contributed by atoms with van der Waals surface area (Å²) in [5.41, 5.74) is 0.161. The van der Waals surface area contributed by atoms with Gasteiger partial charge in [0.25, 0.3) is 0 Å². The minimum Gasteiger partial charge on any atom is -0.396 e. The molecule has 1 aromatic heterocycles. The highest BCUT2D eigenvalue weighted by Crippen LogP contribution is 2.39. The maximum atomic E-state index is 11.7. The van der Waals surface area contributed by atoms with Gasteiger partial charge in [-0.05, 0) is 26.2 Å². The summed E-state index contributed by atoms with van der Waals surface area (Å²) in [5, 5.41) is 20.4. The van der Waals surface area contributed by atoms with Crippen LogP contribution in [-0.4, -0.2) is 48.3 Å². The molecule has 114 valence electrons. The number of hydrogen-bond acceptors (Lipinski definition) is 6. The maximum absolute atomic E-state index is 11.7. The first-order valence-electron chi connectivity index (χ1n) is 6.67. The zero-order valence-electron chi connectivity index (χ0n) is 11.8. The third-order valence-electron chi connectivity index (χ3n) is 4.30. The van der Waals surface area contributed by atoms with E-state index in [9.17, 15) is 18.6 Å². The van der Waals surface area contributed by atoms with Gasteiger partial charge in [0.05, 0.1) is 35.4 Å². The molecule has 0 aromatic carbocycles. The highest BCUT2D eigenvalue weighted by Gasteiger charge is 2.44. The second-order valence-electron chi connectivity index (χ2n) is 5.70. The number of aromatic nitrogens is 1. The number of sulfone groups is 1. The molecule has 2 rings (SSSR count). The van der Waals surface area contributed by atoms with E-state index < -0.39 is 15.3 Å². The van der Waals surface area contributed by atoms with Crippen molar-refractivity contribution >= 4 is 21.2 Å². The molecule has 5 nitrogen and oxygen atoms in total. The fourth-order valence-electron chi connectivity index (χ4n) is 2.76. The Morgan fingerprint density at radius 2 is 2.00 bits per heavy atom. The van der Waals surface area contributed by atoms with E-state index in [4.69, 9.17) is 0 Å². The van der Waals surface area contributed by atoms with E-state index >= 15 is 0 Å². The Balaban J connectivity index is 2.25. The van der Waals surface area contributed by atoms with Crippen LogP contribution in [-0.2, 0) is 16.3 Å². The van der Waals surface area contributed by atoms with Gasteiger partial charge in [-0.2, -0.15) is 0 Å². The van der Waals surface area contributed by atoms with Crippen LogP contribution in [0.15, 0.2) is 0 Å². The molecule has 0 spiro atoms. The van der Waals surface area contributed by atoms with E-state index in [0.717, 1.165) is 15.6 Å². The molecule has 1 aromatic rings. The van der Waals surface area contributed by atoms with Gasteiger partial charge in [0.1, 0.15) is 0 Å². The molecule has 0 aliphatic carbocycles. The van der Waals surface area contributed by atoms with Crippen LogP contribution in [0.4, 0.5) is 0 Å². The summed E-state index contributed by atoms with van der Waals surface area (Å²) in [6, 6.07) is 0. The van der Waals surface area contributed by atoms with Gasteiger partial charge in [-0.25, -0.2) is 13.4 Å². The number of rotatable bonds is 5. The first kappa shape index (κ1) is 15.9. The lowest BCUT2D eigenvalue weighted by Gasteiger charge is -2.34. The van der Waals surface area contributed by atoms with Gasteiger partial charge in [-0.1, -0.05) is 0 Å². The SMILES string of the molecule is Cc1nc(CC(CO)(CO)C2CCS(=O)(=O)C2)sc1C. The monoisotopic (exact) mass is 319 g/mol. The molecule has 1 unspecified atom stereocenters. The lowest BCUT2D eigenvalue weighted by atomic mass is 9.74. The predicted octanol–water partition coefficient (Wildman–Crippen LogP) is 0.708. The Morgan fingerprint density at radius 3 is 2.40 bits per heavy atom. The van der Waals surface area contributed by atoms with Crippen molar-refractivity contribution in [3.8, 4) is 0 Å². The molecule has 1 fully saturated rings. The average molecular weight is 319 g/mol. The standard InChI is InChI=1S/C13H21NO4S2/c1-9-10(2)19-12(14-9)5-13(7-15,8-16)11-3-4-20(17,18)6-11/h11,15-16H,3-8H2,1-2H3. The molecule has 0 amide bonds. The fraction of sp³-hybridized carbons (Fsp3) is 0.769. The van der Waals surface area contributed by atoms with Crippen molar-refractivity contribution in [3.63, 3.8) is 0 Å². The third-order valence-corrected chi connectivity index (χ3v) is 7.15. The Hall–Kier alpha value is -0.500. The van der Waals surface area contributed by atoms with Crippen molar-refractivity contribution in [2.75, 3.05) is 24.7 Å². The lowest BCUT2D eigenvalue weighted by molar-refractivity contribution is 0.0124. The van der Waals surface area contributed by atoms with Crippen LogP contribution in [0, 0.1) is 25.2 Å². The summed E-state index contributed by atoms with van der Waals surface area (Å²) in [4.78, 5) is 5.56. The van der Waals surface area contributed by atoms with E-state index in [0.29, 0.717) is 12.8 Å². The largest absolute Gasteiger partial charge is 0.396 e. The quantitative estimate of drug-likeness (QED) is 0.834. The molecule has 1 aliphatic rings. The van der Waals surface area contributed by atoms with Crippen LogP contribution in [0.1, 0.15) is 22.0 Å². The molecule has 7 heteroatoms. The summed E-state index contributed by atoms with van der Waals surface area (Å²) in [6.45, 7) is 3.47. The third kappa shape index (κ3) is 3.05. The van der Waals surface area contributed by atoms with Crippen molar-refractivity contribution in [3.05, 3.63) is 15.6 Å². The molecule has 1 atom stereocenters. The molecule has 2 heterocycles. The lowest BCUT2D eigenvalue weighted by Crippen LogP contribution is -2.41. The number of thiazole rings is 1. The Morgan fingerprint density at radius 1 is 1.35 bits per heavy atom. The first-order valence-corrected chi connectivity index (χ1v) is 9.31. The van der Waals surface area contributed by atoms with Crippen LogP contribution >= 0.6 is 11.3 Å². The smallest absolute Gasteiger partial charge is 0.150 e. The molecule has 1 aliphatic heterocycles. The Labute approximate surface area is 123 Å². The molecule has 0 saturated carbocycles. The van der Waals surface area contributed by atoms with Crippen LogP contribution in [0.25, 0.3) is 0 Å².